The lowest BCUT2D eigenvalue weighted by Crippen LogP contribution is -2.39. The molecule has 0 aromatic carbocycles. The van der Waals surface area contributed by atoms with Gasteiger partial charge in [0, 0.05) is 33.0 Å². The molecule has 0 unspecified atom stereocenters. The molecule has 0 spiro atoms. The van der Waals surface area contributed by atoms with E-state index in [1.807, 2.05) is 0 Å². The molecule has 0 aliphatic rings. The third-order valence-electron chi connectivity index (χ3n) is 2.71. The molecule has 1 aromatic heterocycles. The van der Waals surface area contributed by atoms with Crippen LogP contribution in [0.15, 0.2) is 17.3 Å². The number of nitrogens with zero attached hydrogens (tertiary/aromatic N) is 2. The van der Waals surface area contributed by atoms with Crippen LogP contribution in [0.5, 0.6) is 0 Å². The predicted molar refractivity (Wildman–Crippen MR) is 70.2 cm³/mol. The number of methoxy groups -OCH3 is 1. The third kappa shape index (κ3) is 4.90. The molecule has 0 aliphatic carbocycles. The Labute approximate surface area is 113 Å². The van der Waals surface area contributed by atoms with Gasteiger partial charge in [-0.1, -0.05) is 0 Å². The number of ether oxygens (including phenoxy) is 1. The normalized spacial score (nSPS) is 12.8. The molecule has 8 heteroatoms. The molecule has 0 saturated carbocycles. The topological polar surface area (TPSA) is 93.5 Å². The van der Waals surface area contributed by atoms with Crippen molar-refractivity contribution >= 4 is 10.0 Å². The van der Waals surface area contributed by atoms with Crippen LogP contribution < -0.4 is 4.72 Å². The number of hydrogen-bond acceptors (Lipinski definition) is 5. The molecule has 0 atom stereocenters. The van der Waals surface area contributed by atoms with Gasteiger partial charge in [-0.3, -0.25) is 4.68 Å². The fourth-order valence-electron chi connectivity index (χ4n) is 1.26. The fraction of sp³-hybridized carbons (Fsp3) is 0.727. The summed E-state index contributed by atoms with van der Waals surface area (Å²) >= 11 is 0. The maximum atomic E-state index is 12.0. The quantitative estimate of drug-likeness (QED) is 0.701. The Morgan fingerprint density at radius 1 is 1.53 bits per heavy atom. The molecule has 1 aromatic rings. The van der Waals surface area contributed by atoms with E-state index in [4.69, 9.17) is 9.84 Å². The van der Waals surface area contributed by atoms with Gasteiger partial charge in [0.05, 0.1) is 11.8 Å². The summed E-state index contributed by atoms with van der Waals surface area (Å²) in [6.07, 6.45) is 3.27. The van der Waals surface area contributed by atoms with E-state index >= 15 is 0 Å². The molecule has 19 heavy (non-hydrogen) atoms. The SMILES string of the molecule is COC(C)(C)CNS(=O)(=O)c1cnn(CCCO)c1. The summed E-state index contributed by atoms with van der Waals surface area (Å²) < 4.78 is 33.1. The van der Waals surface area contributed by atoms with E-state index in [2.05, 4.69) is 9.82 Å². The third-order valence-corrected chi connectivity index (χ3v) is 4.06. The summed E-state index contributed by atoms with van der Waals surface area (Å²) in [7, 11) is -2.05. The first-order valence-electron chi connectivity index (χ1n) is 5.99. The highest BCUT2D eigenvalue weighted by atomic mass is 32.2. The van der Waals surface area contributed by atoms with Crippen molar-refractivity contribution in [2.45, 2.75) is 37.3 Å². The number of aromatic nitrogens is 2. The van der Waals surface area contributed by atoms with E-state index < -0.39 is 15.6 Å². The van der Waals surface area contributed by atoms with Crippen LogP contribution in [0.3, 0.4) is 0 Å². The summed E-state index contributed by atoms with van der Waals surface area (Å²) in [6.45, 7) is 4.28. The Bertz CT molecular complexity index is 496. The molecule has 1 rings (SSSR count). The molecule has 7 nitrogen and oxygen atoms in total. The lowest BCUT2D eigenvalue weighted by atomic mass is 10.1. The molecule has 1 heterocycles. The van der Waals surface area contributed by atoms with E-state index in [0.29, 0.717) is 13.0 Å². The van der Waals surface area contributed by atoms with E-state index in [-0.39, 0.29) is 18.0 Å². The highest BCUT2D eigenvalue weighted by Crippen LogP contribution is 2.10. The molecule has 110 valence electrons. The lowest BCUT2D eigenvalue weighted by Gasteiger charge is -2.22. The smallest absolute Gasteiger partial charge is 0.243 e. The zero-order chi connectivity index (χ0) is 14.5. The maximum Gasteiger partial charge on any atom is 0.243 e. The van der Waals surface area contributed by atoms with Gasteiger partial charge in [-0.15, -0.1) is 0 Å². The van der Waals surface area contributed by atoms with Crippen LogP contribution in [-0.2, 0) is 21.3 Å². The first-order chi connectivity index (χ1) is 8.80. The van der Waals surface area contributed by atoms with Crippen LogP contribution in [0.2, 0.25) is 0 Å². The highest BCUT2D eigenvalue weighted by Gasteiger charge is 2.22. The molecular formula is C11H21N3O4S. The Morgan fingerprint density at radius 2 is 2.21 bits per heavy atom. The highest BCUT2D eigenvalue weighted by molar-refractivity contribution is 7.89. The van der Waals surface area contributed by atoms with Crippen LogP contribution in [0.25, 0.3) is 0 Å². The number of aliphatic hydroxyl groups excluding tert-OH is 1. The van der Waals surface area contributed by atoms with E-state index in [1.165, 1.54) is 24.2 Å². The number of aryl methyl sites for hydroxylation is 1. The van der Waals surface area contributed by atoms with Crippen molar-refractivity contribution in [1.29, 1.82) is 0 Å². The van der Waals surface area contributed by atoms with Crippen molar-refractivity contribution in [3.05, 3.63) is 12.4 Å². The van der Waals surface area contributed by atoms with E-state index in [0.717, 1.165) is 0 Å². The summed E-state index contributed by atoms with van der Waals surface area (Å²) in [5, 5.41) is 12.6. The van der Waals surface area contributed by atoms with Gasteiger partial charge in [0.25, 0.3) is 0 Å². The summed E-state index contributed by atoms with van der Waals surface area (Å²) in [4.78, 5) is 0.109. The molecule has 2 N–H and O–H groups in total. The van der Waals surface area contributed by atoms with Crippen LogP contribution in [0, 0.1) is 0 Å². The zero-order valence-corrected chi connectivity index (χ0v) is 12.3. The van der Waals surface area contributed by atoms with E-state index in [1.54, 1.807) is 13.8 Å². The van der Waals surface area contributed by atoms with E-state index in [9.17, 15) is 8.42 Å². The fourth-order valence-corrected chi connectivity index (χ4v) is 2.41. The summed E-state index contributed by atoms with van der Waals surface area (Å²) in [6, 6.07) is 0. The minimum absolute atomic E-state index is 0.0439. The molecule has 0 fully saturated rings. The van der Waals surface area contributed by atoms with Crippen molar-refractivity contribution in [1.82, 2.24) is 14.5 Å². The average Bonchev–Trinajstić information content (AvgIpc) is 2.84. The lowest BCUT2D eigenvalue weighted by molar-refractivity contribution is 0.0276. The zero-order valence-electron chi connectivity index (χ0n) is 11.5. The number of sulfonamides is 1. The second-order valence-corrected chi connectivity index (χ2v) is 6.57. The second-order valence-electron chi connectivity index (χ2n) is 4.80. The predicted octanol–water partition coefficient (Wildman–Crippen LogP) is -0.0312. The first-order valence-corrected chi connectivity index (χ1v) is 7.47. The summed E-state index contributed by atoms with van der Waals surface area (Å²) in [5.41, 5.74) is -0.569. The van der Waals surface area contributed by atoms with Crippen LogP contribution in [-0.4, -0.2) is 49.2 Å². The van der Waals surface area contributed by atoms with Gasteiger partial charge >= 0.3 is 0 Å². The molecule has 0 amide bonds. The Balaban J connectivity index is 2.69. The molecule has 0 saturated heterocycles. The van der Waals surface area contributed by atoms with Crippen LogP contribution >= 0.6 is 0 Å². The average molecular weight is 291 g/mol. The number of rotatable bonds is 8. The first kappa shape index (κ1) is 16.1. The van der Waals surface area contributed by atoms with Crippen molar-refractivity contribution in [3.8, 4) is 0 Å². The maximum absolute atomic E-state index is 12.0. The second kappa shape index (κ2) is 6.47. The Kier molecular flexibility index (Phi) is 5.48. The molecular weight excluding hydrogens is 270 g/mol. The van der Waals surface area contributed by atoms with Gasteiger partial charge in [0.15, 0.2) is 0 Å². The number of hydrogen-bond donors (Lipinski definition) is 2. The van der Waals surface area contributed by atoms with Crippen molar-refractivity contribution in [2.24, 2.45) is 0 Å². The van der Waals surface area contributed by atoms with Gasteiger partial charge < -0.3 is 9.84 Å². The van der Waals surface area contributed by atoms with Gasteiger partial charge in [0.2, 0.25) is 10.0 Å². The Hall–Kier alpha value is -0.960. The summed E-state index contributed by atoms with van der Waals surface area (Å²) in [5.74, 6) is 0. The van der Waals surface area contributed by atoms with Crippen molar-refractivity contribution in [3.63, 3.8) is 0 Å². The van der Waals surface area contributed by atoms with Crippen molar-refractivity contribution in [2.75, 3.05) is 20.3 Å². The molecule has 0 aliphatic heterocycles. The van der Waals surface area contributed by atoms with Gasteiger partial charge in [-0.05, 0) is 20.3 Å². The number of nitrogens with one attached hydrogen (secondary N) is 1. The van der Waals surface area contributed by atoms with Gasteiger partial charge in [-0.25, -0.2) is 13.1 Å². The number of aliphatic hydroxyl groups is 1. The minimum atomic E-state index is -3.58. The largest absolute Gasteiger partial charge is 0.396 e. The van der Waals surface area contributed by atoms with Gasteiger partial charge in [0.1, 0.15) is 4.90 Å². The molecule has 0 radical (unpaired) electrons. The Morgan fingerprint density at radius 3 is 2.79 bits per heavy atom. The monoisotopic (exact) mass is 291 g/mol. The van der Waals surface area contributed by atoms with Crippen LogP contribution in [0.4, 0.5) is 0 Å². The minimum Gasteiger partial charge on any atom is -0.396 e. The molecule has 0 bridgehead atoms. The van der Waals surface area contributed by atoms with Gasteiger partial charge in [-0.2, -0.15) is 5.10 Å². The van der Waals surface area contributed by atoms with Crippen LogP contribution in [0.1, 0.15) is 20.3 Å². The standard InChI is InChI=1S/C11H21N3O4S/c1-11(2,18-3)9-13-19(16,17)10-7-12-14(8-10)5-4-6-15/h7-8,13,15H,4-6,9H2,1-3H3. The van der Waals surface area contributed by atoms with Crippen molar-refractivity contribution < 1.29 is 18.3 Å².